The number of ether oxygens (including phenoxy) is 1. The summed E-state index contributed by atoms with van der Waals surface area (Å²) in [5.41, 5.74) is 7.89. The fraction of sp³-hybridized carbons (Fsp3) is 0.227. The van der Waals surface area contributed by atoms with E-state index in [-0.39, 0.29) is 12.5 Å². The molecule has 0 aliphatic carbocycles. The van der Waals surface area contributed by atoms with Gasteiger partial charge in [0.15, 0.2) is 11.8 Å². The molecule has 1 fully saturated rings. The predicted octanol–water partition coefficient (Wildman–Crippen LogP) is 3.87. The highest BCUT2D eigenvalue weighted by atomic mass is 32.2. The van der Waals surface area contributed by atoms with Crippen LogP contribution < -0.4 is 10.5 Å². The Morgan fingerprint density at radius 2 is 2.00 bits per heavy atom. The van der Waals surface area contributed by atoms with Crippen molar-refractivity contribution in [2.45, 2.75) is 20.3 Å². The number of carbonyl (C=O) groups excluding carboxylic acids is 2. The second kappa shape index (κ2) is 9.43. The van der Waals surface area contributed by atoms with Gasteiger partial charge in [-0.3, -0.25) is 14.5 Å². The molecule has 1 saturated heterocycles. The molecule has 3 rings (SSSR count). The lowest BCUT2D eigenvalue weighted by Crippen LogP contribution is -2.29. The summed E-state index contributed by atoms with van der Waals surface area (Å²) >= 11 is 1.36. The van der Waals surface area contributed by atoms with Crippen LogP contribution in [0.3, 0.4) is 0 Å². The topological polar surface area (TPSA) is 85.0 Å². The maximum Gasteiger partial charge on any atom is 0.266 e. The highest BCUT2D eigenvalue weighted by molar-refractivity contribution is 8.18. The molecule has 0 bridgehead atoms. The van der Waals surface area contributed by atoms with Crippen LogP contribution in [0.25, 0.3) is 6.08 Å². The van der Waals surface area contributed by atoms with E-state index in [4.69, 9.17) is 10.5 Å². The summed E-state index contributed by atoms with van der Waals surface area (Å²) in [5, 5.41) is 0.674. The number of carbonyl (C=O) groups is 2. The molecule has 150 valence electrons. The van der Waals surface area contributed by atoms with E-state index in [9.17, 15) is 9.59 Å². The van der Waals surface area contributed by atoms with Crippen molar-refractivity contribution in [2.75, 3.05) is 13.2 Å². The summed E-state index contributed by atoms with van der Waals surface area (Å²) in [6, 6.07) is 15.1. The second-order valence-corrected chi connectivity index (χ2v) is 7.63. The smallest absolute Gasteiger partial charge is 0.266 e. The minimum atomic E-state index is -0.539. The van der Waals surface area contributed by atoms with Crippen molar-refractivity contribution in [2.24, 2.45) is 10.7 Å². The van der Waals surface area contributed by atoms with E-state index in [1.165, 1.54) is 11.8 Å². The molecule has 2 aromatic rings. The second-order valence-electron chi connectivity index (χ2n) is 6.62. The summed E-state index contributed by atoms with van der Waals surface area (Å²) in [5.74, 6) is -0.0822. The highest BCUT2D eigenvalue weighted by Gasteiger charge is 2.32. The van der Waals surface area contributed by atoms with Gasteiger partial charge in [-0.05, 0) is 61.0 Å². The normalized spacial score (nSPS) is 16.6. The Bertz CT molecular complexity index is 968. The molecule has 1 aliphatic rings. The molecule has 0 atom stereocenters. The molecule has 1 heterocycles. The molecule has 0 aromatic heterocycles. The first-order valence-electron chi connectivity index (χ1n) is 9.34. The zero-order chi connectivity index (χ0) is 20.8. The summed E-state index contributed by atoms with van der Waals surface area (Å²) in [6.45, 7) is 4.47. The predicted molar refractivity (Wildman–Crippen MR) is 117 cm³/mol. The van der Waals surface area contributed by atoms with Crippen LogP contribution >= 0.6 is 11.8 Å². The summed E-state index contributed by atoms with van der Waals surface area (Å²) in [7, 11) is 0. The number of amidine groups is 1. The van der Waals surface area contributed by atoms with Gasteiger partial charge in [0.2, 0.25) is 0 Å². The Hall–Kier alpha value is -3.06. The van der Waals surface area contributed by atoms with Crippen molar-refractivity contribution in [1.29, 1.82) is 0 Å². The minimum Gasteiger partial charge on any atom is -0.484 e. The van der Waals surface area contributed by atoms with Gasteiger partial charge < -0.3 is 10.5 Å². The lowest BCUT2D eigenvalue weighted by atomic mass is 10.2. The first-order valence-corrected chi connectivity index (χ1v) is 10.2. The first kappa shape index (κ1) is 20.7. The van der Waals surface area contributed by atoms with E-state index >= 15 is 0 Å². The van der Waals surface area contributed by atoms with Gasteiger partial charge in [0.25, 0.3) is 11.8 Å². The van der Waals surface area contributed by atoms with E-state index in [2.05, 4.69) is 4.99 Å². The number of hydrogen-bond acceptors (Lipinski definition) is 5. The SMILES string of the molecule is CCCN1C(=O)/C(=C\c2cccc(OCC(N)=O)c2)SC1=Nc1ccc(C)cc1. The van der Waals surface area contributed by atoms with E-state index in [0.29, 0.717) is 22.4 Å². The zero-order valence-electron chi connectivity index (χ0n) is 16.4. The van der Waals surface area contributed by atoms with Crippen molar-refractivity contribution in [3.8, 4) is 5.75 Å². The third-order valence-corrected chi connectivity index (χ3v) is 5.14. The van der Waals surface area contributed by atoms with Crippen LogP contribution in [-0.4, -0.2) is 35.0 Å². The molecule has 6 nitrogen and oxygen atoms in total. The Morgan fingerprint density at radius 1 is 1.24 bits per heavy atom. The number of aliphatic imine (C=N–C) groups is 1. The Labute approximate surface area is 174 Å². The van der Waals surface area contributed by atoms with E-state index in [1.54, 1.807) is 23.1 Å². The van der Waals surface area contributed by atoms with Crippen molar-refractivity contribution < 1.29 is 14.3 Å². The third-order valence-electron chi connectivity index (χ3n) is 4.13. The number of nitrogens with two attached hydrogens (primary N) is 1. The average Bonchev–Trinajstić information content (AvgIpc) is 2.97. The van der Waals surface area contributed by atoms with Gasteiger partial charge in [0.1, 0.15) is 5.75 Å². The Kier molecular flexibility index (Phi) is 6.72. The third kappa shape index (κ3) is 5.48. The number of rotatable bonds is 7. The molecule has 0 unspecified atom stereocenters. The lowest BCUT2D eigenvalue weighted by molar-refractivity contribution is -0.122. The molecular formula is C22H23N3O3S. The molecule has 1 aliphatic heterocycles. The lowest BCUT2D eigenvalue weighted by Gasteiger charge is -2.13. The molecule has 2 N–H and O–H groups in total. The molecule has 7 heteroatoms. The zero-order valence-corrected chi connectivity index (χ0v) is 17.2. The van der Waals surface area contributed by atoms with E-state index < -0.39 is 5.91 Å². The quantitative estimate of drug-likeness (QED) is 0.704. The highest BCUT2D eigenvalue weighted by Crippen LogP contribution is 2.34. The number of hydrogen-bond donors (Lipinski definition) is 1. The maximum absolute atomic E-state index is 12.9. The van der Waals surface area contributed by atoms with Crippen LogP contribution in [0.15, 0.2) is 58.4 Å². The molecule has 2 aromatic carbocycles. The van der Waals surface area contributed by atoms with Crippen molar-refractivity contribution >= 4 is 40.5 Å². The number of benzene rings is 2. The summed E-state index contributed by atoms with van der Waals surface area (Å²) in [6.07, 6.45) is 2.65. The van der Waals surface area contributed by atoms with Crippen LogP contribution in [0, 0.1) is 6.92 Å². The number of thioether (sulfide) groups is 1. The average molecular weight is 410 g/mol. The summed E-state index contributed by atoms with van der Waals surface area (Å²) < 4.78 is 5.34. The number of primary amides is 1. The van der Waals surface area contributed by atoms with Crippen LogP contribution in [0.1, 0.15) is 24.5 Å². The fourth-order valence-electron chi connectivity index (χ4n) is 2.74. The van der Waals surface area contributed by atoms with Crippen molar-refractivity contribution in [3.63, 3.8) is 0 Å². The minimum absolute atomic E-state index is 0.0637. The number of aryl methyl sites for hydroxylation is 1. The van der Waals surface area contributed by atoms with Gasteiger partial charge in [-0.1, -0.05) is 36.8 Å². The molecular weight excluding hydrogens is 386 g/mol. The Morgan fingerprint density at radius 3 is 2.69 bits per heavy atom. The monoisotopic (exact) mass is 409 g/mol. The molecule has 2 amide bonds. The van der Waals surface area contributed by atoms with E-state index in [0.717, 1.165) is 23.2 Å². The van der Waals surface area contributed by atoms with Gasteiger partial charge >= 0.3 is 0 Å². The van der Waals surface area contributed by atoms with Crippen LogP contribution in [0.5, 0.6) is 5.75 Å². The molecule has 0 radical (unpaired) electrons. The molecule has 29 heavy (non-hydrogen) atoms. The van der Waals surface area contributed by atoms with Gasteiger partial charge in [-0.2, -0.15) is 0 Å². The molecule has 0 saturated carbocycles. The van der Waals surface area contributed by atoms with Crippen molar-refractivity contribution in [3.05, 3.63) is 64.6 Å². The number of amides is 2. The number of nitrogens with zero attached hydrogens (tertiary/aromatic N) is 2. The van der Waals surface area contributed by atoms with Crippen LogP contribution in [0.4, 0.5) is 5.69 Å². The largest absolute Gasteiger partial charge is 0.484 e. The van der Waals surface area contributed by atoms with E-state index in [1.807, 2.05) is 50.3 Å². The maximum atomic E-state index is 12.9. The van der Waals surface area contributed by atoms with Gasteiger partial charge in [-0.15, -0.1) is 0 Å². The standard InChI is InChI=1S/C22H23N3O3S/c1-3-11-25-21(27)19(29-22(25)24-17-9-7-15(2)8-10-17)13-16-5-4-6-18(12-16)28-14-20(23)26/h4-10,12-13H,3,11,14H2,1-2H3,(H2,23,26)/b19-13+,24-22?. The van der Waals surface area contributed by atoms with Gasteiger partial charge in [0, 0.05) is 6.54 Å². The summed E-state index contributed by atoms with van der Waals surface area (Å²) in [4.78, 5) is 30.8. The van der Waals surface area contributed by atoms with Crippen LogP contribution in [-0.2, 0) is 9.59 Å². The van der Waals surface area contributed by atoms with Crippen molar-refractivity contribution in [1.82, 2.24) is 4.90 Å². The Balaban J connectivity index is 1.86. The first-order chi connectivity index (χ1) is 14.0. The van der Waals surface area contributed by atoms with Gasteiger partial charge in [0.05, 0.1) is 10.6 Å². The van der Waals surface area contributed by atoms with Gasteiger partial charge in [-0.25, -0.2) is 4.99 Å². The molecule has 0 spiro atoms. The van der Waals surface area contributed by atoms with Crippen LogP contribution in [0.2, 0.25) is 0 Å². The fourth-order valence-corrected chi connectivity index (χ4v) is 3.77.